The van der Waals surface area contributed by atoms with Crippen LogP contribution in [0.5, 0.6) is 0 Å². The van der Waals surface area contributed by atoms with E-state index in [9.17, 15) is 9.59 Å². The molecule has 0 saturated carbocycles. The molecule has 2 aliphatic rings. The Bertz CT molecular complexity index is 2960. The third-order valence-corrected chi connectivity index (χ3v) is 12.2. The number of anilines is 6. The fourth-order valence-corrected chi connectivity index (χ4v) is 9.35. The molecule has 0 fully saturated rings. The molecule has 0 saturated heterocycles. The van der Waals surface area contributed by atoms with Crippen molar-refractivity contribution in [3.8, 4) is 0 Å². The van der Waals surface area contributed by atoms with Crippen LogP contribution in [0.3, 0.4) is 0 Å². The molecule has 11 rings (SSSR count). The van der Waals surface area contributed by atoms with Gasteiger partial charge in [-0.05, 0) is 95.1 Å². The molecular weight excluding hydrogens is 693 g/mol. The molecule has 0 bridgehead atoms. The van der Waals surface area contributed by atoms with Gasteiger partial charge in [-0.25, -0.2) is 0 Å². The van der Waals surface area contributed by atoms with Crippen molar-refractivity contribution in [3.63, 3.8) is 0 Å². The van der Waals surface area contributed by atoms with Crippen LogP contribution >= 0.6 is 0 Å². The molecule has 0 aliphatic carbocycles. The second-order valence-electron chi connectivity index (χ2n) is 16.1. The van der Waals surface area contributed by atoms with Crippen LogP contribution in [0.25, 0.3) is 43.9 Å². The lowest BCUT2D eigenvalue weighted by Gasteiger charge is -2.42. The molecule has 7 aromatic carbocycles. The van der Waals surface area contributed by atoms with E-state index in [0.29, 0.717) is 43.9 Å². The van der Waals surface area contributed by atoms with Crippen molar-refractivity contribution in [2.24, 2.45) is 0 Å². The van der Waals surface area contributed by atoms with Crippen LogP contribution in [-0.2, 0) is 10.8 Å². The van der Waals surface area contributed by atoms with E-state index in [1.54, 1.807) is 12.1 Å². The van der Waals surface area contributed by atoms with Crippen molar-refractivity contribution >= 4 is 78.0 Å². The van der Waals surface area contributed by atoms with Gasteiger partial charge in [-0.3, -0.25) is 9.59 Å². The van der Waals surface area contributed by atoms with Gasteiger partial charge in [0, 0.05) is 22.2 Å². The van der Waals surface area contributed by atoms with Gasteiger partial charge in [0.15, 0.2) is 0 Å². The molecule has 0 unspecified atom stereocenters. The van der Waals surface area contributed by atoms with Crippen LogP contribution in [0.2, 0.25) is 0 Å². The Balaban J connectivity index is 1.06. The number of hydrogen-bond acceptors (Lipinski definition) is 6. The minimum absolute atomic E-state index is 0.188. The number of benzene rings is 7. The van der Waals surface area contributed by atoms with Gasteiger partial charge in [0.25, 0.3) is 0 Å². The number of para-hydroxylation sites is 4. The SMILES string of the molecule is CC1(C)c2ccccc2N(c2ccc3oc4cc5c(=O)c6cc(N7c8ccccc8C(C)(C)c8ccccc87)ccc6oc5cc4c(=O)c3c2)c2ccccc21. The minimum Gasteiger partial charge on any atom is -0.456 e. The van der Waals surface area contributed by atoms with E-state index in [2.05, 4.69) is 135 Å². The highest BCUT2D eigenvalue weighted by Gasteiger charge is 2.38. The molecule has 0 spiro atoms. The first-order chi connectivity index (χ1) is 27.1. The van der Waals surface area contributed by atoms with E-state index < -0.39 is 0 Å². The summed E-state index contributed by atoms with van der Waals surface area (Å²) >= 11 is 0. The maximum Gasteiger partial charge on any atom is 0.200 e. The Morgan fingerprint density at radius 3 is 1.02 bits per heavy atom. The fourth-order valence-electron chi connectivity index (χ4n) is 9.35. The van der Waals surface area contributed by atoms with Crippen LogP contribution in [0.1, 0.15) is 49.9 Å². The highest BCUT2D eigenvalue weighted by atomic mass is 16.3. The summed E-state index contributed by atoms with van der Waals surface area (Å²) in [4.78, 5) is 33.2. The van der Waals surface area contributed by atoms with Crippen molar-refractivity contribution in [1.82, 2.24) is 0 Å². The van der Waals surface area contributed by atoms with Crippen LogP contribution in [0.15, 0.2) is 164 Å². The largest absolute Gasteiger partial charge is 0.456 e. The highest BCUT2D eigenvalue weighted by Crippen LogP contribution is 2.53. The third kappa shape index (κ3) is 4.38. The first kappa shape index (κ1) is 32.5. The van der Waals surface area contributed by atoms with Gasteiger partial charge >= 0.3 is 0 Å². The molecule has 0 amide bonds. The van der Waals surface area contributed by atoms with E-state index in [1.807, 2.05) is 36.4 Å². The Kier molecular flexibility index (Phi) is 6.56. The van der Waals surface area contributed by atoms with Gasteiger partial charge in [0.05, 0.1) is 44.3 Å². The summed E-state index contributed by atoms with van der Waals surface area (Å²) < 4.78 is 12.9. The average molecular weight is 729 g/mol. The summed E-state index contributed by atoms with van der Waals surface area (Å²) in [6.45, 7) is 9.01. The van der Waals surface area contributed by atoms with Crippen LogP contribution in [0, 0.1) is 0 Å². The van der Waals surface area contributed by atoms with Crippen molar-refractivity contribution in [1.29, 1.82) is 0 Å². The maximum absolute atomic E-state index is 14.4. The number of hydrogen-bond donors (Lipinski definition) is 0. The summed E-state index contributed by atoms with van der Waals surface area (Å²) in [5, 5.41) is 1.61. The normalized spacial score (nSPS) is 15.1. The number of rotatable bonds is 2. The summed E-state index contributed by atoms with van der Waals surface area (Å²) in [6, 6.07) is 48.6. The Hall–Kier alpha value is -6.92. The van der Waals surface area contributed by atoms with Gasteiger partial charge in [-0.2, -0.15) is 0 Å². The van der Waals surface area contributed by atoms with Gasteiger partial charge in [-0.15, -0.1) is 0 Å². The molecule has 6 nitrogen and oxygen atoms in total. The molecule has 56 heavy (non-hydrogen) atoms. The summed E-state index contributed by atoms with van der Waals surface area (Å²) in [7, 11) is 0. The Morgan fingerprint density at radius 1 is 0.375 bits per heavy atom. The molecule has 270 valence electrons. The third-order valence-electron chi connectivity index (χ3n) is 12.2. The zero-order chi connectivity index (χ0) is 38.1. The van der Waals surface area contributed by atoms with Crippen molar-refractivity contribution in [3.05, 3.63) is 188 Å². The highest BCUT2D eigenvalue weighted by molar-refractivity contribution is 6.02. The molecular formula is C50H36N2O4. The van der Waals surface area contributed by atoms with E-state index >= 15 is 0 Å². The standard InChI is InChI=1S/C50H36N2O4/c1-49(2)35-13-5-9-17-39(35)51(40-18-10-6-14-36(40)49)29-21-23-43-31(25-29)47(53)33-27-46-34(28-45(33)55-43)48(54)32-26-30(22-24-44(32)56-46)52-41-19-11-7-15-37(41)50(3,4)38-16-8-12-20-42(38)52/h5-28H,1-4H3. The monoisotopic (exact) mass is 728 g/mol. The quantitative estimate of drug-likeness (QED) is 0.165. The first-order valence-corrected chi connectivity index (χ1v) is 19.0. The second kappa shape index (κ2) is 11.3. The van der Waals surface area contributed by atoms with E-state index in [0.717, 1.165) is 34.1 Å². The van der Waals surface area contributed by atoms with Crippen LogP contribution < -0.4 is 20.7 Å². The predicted octanol–water partition coefficient (Wildman–Crippen LogP) is 12.4. The Labute approximate surface area is 322 Å². The minimum atomic E-state index is -0.200. The van der Waals surface area contributed by atoms with E-state index in [-0.39, 0.29) is 21.7 Å². The van der Waals surface area contributed by atoms with E-state index in [4.69, 9.17) is 8.83 Å². The predicted molar refractivity (Wildman–Crippen MR) is 227 cm³/mol. The van der Waals surface area contributed by atoms with Gasteiger partial charge in [0.2, 0.25) is 10.9 Å². The smallest absolute Gasteiger partial charge is 0.200 e. The molecule has 0 radical (unpaired) electrons. The molecule has 6 heteroatoms. The van der Waals surface area contributed by atoms with Crippen molar-refractivity contribution < 1.29 is 8.83 Å². The zero-order valence-corrected chi connectivity index (χ0v) is 31.4. The molecule has 0 N–H and O–H groups in total. The average Bonchev–Trinajstić information content (AvgIpc) is 3.21. The van der Waals surface area contributed by atoms with Crippen LogP contribution in [0.4, 0.5) is 34.1 Å². The molecule has 9 aromatic rings. The lowest BCUT2D eigenvalue weighted by Crippen LogP contribution is -2.30. The van der Waals surface area contributed by atoms with Gasteiger partial charge < -0.3 is 18.6 Å². The molecule has 2 aromatic heterocycles. The number of fused-ring (bicyclic) bond motifs is 8. The van der Waals surface area contributed by atoms with Crippen LogP contribution in [-0.4, -0.2) is 0 Å². The van der Waals surface area contributed by atoms with Gasteiger partial charge in [-0.1, -0.05) is 100 Å². The summed E-state index contributed by atoms with van der Waals surface area (Å²) in [6.07, 6.45) is 0. The van der Waals surface area contributed by atoms with Crippen molar-refractivity contribution in [2.45, 2.75) is 38.5 Å². The maximum atomic E-state index is 14.4. The van der Waals surface area contributed by atoms with Gasteiger partial charge in [0.1, 0.15) is 22.3 Å². The second-order valence-corrected chi connectivity index (χ2v) is 16.1. The first-order valence-electron chi connectivity index (χ1n) is 19.0. The van der Waals surface area contributed by atoms with E-state index in [1.165, 1.54) is 22.3 Å². The van der Waals surface area contributed by atoms with Crippen molar-refractivity contribution in [2.75, 3.05) is 9.80 Å². The zero-order valence-electron chi connectivity index (χ0n) is 31.4. The fraction of sp³-hybridized carbons (Fsp3) is 0.120. The number of nitrogens with zero attached hydrogens (tertiary/aromatic N) is 2. The Morgan fingerprint density at radius 2 is 0.679 bits per heavy atom. The lowest BCUT2D eigenvalue weighted by atomic mass is 9.73. The summed E-state index contributed by atoms with van der Waals surface area (Å²) in [5.74, 6) is 0. The summed E-state index contributed by atoms with van der Waals surface area (Å²) in [5.41, 5.74) is 11.6. The lowest BCUT2D eigenvalue weighted by molar-refractivity contribution is 0.631. The molecule has 0 atom stereocenters. The topological polar surface area (TPSA) is 66.9 Å². The molecule has 4 heterocycles. The molecule has 2 aliphatic heterocycles.